The monoisotopic (exact) mass is 668 g/mol. The lowest BCUT2D eigenvalue weighted by Gasteiger charge is -2.18. The molecule has 232 valence electrons. The van der Waals surface area contributed by atoms with Crippen molar-refractivity contribution in [2.45, 2.75) is 0 Å². The Balaban J connectivity index is 1.10. The van der Waals surface area contributed by atoms with Crippen LogP contribution in [0.4, 0.5) is 0 Å². The first-order valence-electron chi connectivity index (χ1n) is 17.1. The summed E-state index contributed by atoms with van der Waals surface area (Å²) >= 11 is 3.81. The number of hydrogen-bond donors (Lipinski definition) is 0. The van der Waals surface area contributed by atoms with Crippen molar-refractivity contribution in [2.75, 3.05) is 0 Å². The summed E-state index contributed by atoms with van der Waals surface area (Å²) in [5.41, 5.74) is 7.60. The summed E-state index contributed by atoms with van der Waals surface area (Å²) < 4.78 is 5.41. The van der Waals surface area contributed by atoms with Crippen LogP contribution in [0.2, 0.25) is 0 Å². The largest absolute Gasteiger partial charge is 0.135 e. The molecule has 50 heavy (non-hydrogen) atoms. The van der Waals surface area contributed by atoms with Crippen LogP contribution in [0.5, 0.6) is 0 Å². The summed E-state index contributed by atoms with van der Waals surface area (Å²) in [6, 6.07) is 63.1. The first-order chi connectivity index (χ1) is 24.8. The molecule has 0 unspecified atom stereocenters. The Kier molecular flexibility index (Phi) is 6.09. The van der Waals surface area contributed by atoms with Crippen molar-refractivity contribution in [1.29, 1.82) is 0 Å². The van der Waals surface area contributed by atoms with Crippen LogP contribution in [0.25, 0.3) is 106 Å². The Morgan fingerprint density at radius 1 is 0.240 bits per heavy atom. The first-order valence-corrected chi connectivity index (χ1v) is 18.7. The minimum Gasteiger partial charge on any atom is -0.135 e. The van der Waals surface area contributed by atoms with Crippen molar-refractivity contribution in [2.24, 2.45) is 0 Å². The molecule has 2 aromatic heterocycles. The highest BCUT2D eigenvalue weighted by molar-refractivity contribution is 7.28. The van der Waals surface area contributed by atoms with E-state index in [2.05, 4.69) is 170 Å². The molecule has 0 aliphatic carbocycles. The van der Waals surface area contributed by atoms with Gasteiger partial charge in [-0.1, -0.05) is 133 Å². The number of rotatable bonds is 3. The molecule has 2 heterocycles. The summed E-state index contributed by atoms with van der Waals surface area (Å²) in [6.07, 6.45) is 0. The van der Waals surface area contributed by atoms with E-state index in [1.165, 1.54) is 106 Å². The van der Waals surface area contributed by atoms with Gasteiger partial charge in [-0.15, -0.1) is 22.7 Å². The average Bonchev–Trinajstić information content (AvgIpc) is 3.72. The van der Waals surface area contributed by atoms with Crippen molar-refractivity contribution < 1.29 is 0 Å². The van der Waals surface area contributed by atoms with Crippen LogP contribution in [0.1, 0.15) is 0 Å². The highest BCUT2D eigenvalue weighted by atomic mass is 32.1. The fourth-order valence-electron chi connectivity index (χ4n) is 8.11. The van der Waals surface area contributed by atoms with E-state index < -0.39 is 0 Å². The lowest BCUT2D eigenvalue weighted by Crippen LogP contribution is -1.91. The molecule has 0 aliphatic rings. The highest BCUT2D eigenvalue weighted by Crippen LogP contribution is 2.47. The fraction of sp³-hybridized carbons (Fsp3) is 0. The zero-order valence-electron chi connectivity index (χ0n) is 27.0. The first kappa shape index (κ1) is 28.1. The molecule has 11 aromatic rings. The highest BCUT2D eigenvalue weighted by Gasteiger charge is 2.18. The summed E-state index contributed by atoms with van der Waals surface area (Å²) in [5.74, 6) is 0. The van der Waals surface area contributed by atoms with E-state index in [9.17, 15) is 0 Å². The Morgan fingerprint density at radius 2 is 0.700 bits per heavy atom. The fourth-order valence-corrected chi connectivity index (χ4v) is 10.5. The van der Waals surface area contributed by atoms with E-state index in [0.29, 0.717) is 0 Å². The maximum atomic E-state index is 2.43. The molecule has 2 heteroatoms. The Hall–Kier alpha value is -5.80. The second-order valence-corrected chi connectivity index (χ2v) is 15.4. The van der Waals surface area contributed by atoms with E-state index in [1.54, 1.807) is 0 Å². The molecule has 0 saturated heterocycles. The summed E-state index contributed by atoms with van der Waals surface area (Å²) in [7, 11) is 0. The zero-order chi connectivity index (χ0) is 32.8. The van der Waals surface area contributed by atoms with Crippen molar-refractivity contribution >= 4 is 95.3 Å². The van der Waals surface area contributed by atoms with Crippen LogP contribution in [-0.2, 0) is 0 Å². The molecule has 0 fully saturated rings. The van der Waals surface area contributed by atoms with Gasteiger partial charge in [-0.05, 0) is 102 Å². The topological polar surface area (TPSA) is 0 Å². The van der Waals surface area contributed by atoms with Crippen molar-refractivity contribution in [3.8, 4) is 33.4 Å². The average molecular weight is 669 g/mol. The van der Waals surface area contributed by atoms with Crippen LogP contribution < -0.4 is 0 Å². The van der Waals surface area contributed by atoms with Gasteiger partial charge in [-0.2, -0.15) is 0 Å². The molecule has 0 atom stereocenters. The van der Waals surface area contributed by atoms with Crippen LogP contribution in [0, 0.1) is 0 Å². The van der Waals surface area contributed by atoms with Crippen molar-refractivity contribution in [1.82, 2.24) is 0 Å². The smallest absolute Gasteiger partial charge is 0.0369 e. The third-order valence-corrected chi connectivity index (χ3v) is 12.7. The van der Waals surface area contributed by atoms with Gasteiger partial charge in [-0.3, -0.25) is 0 Å². The molecule has 0 radical (unpaired) electrons. The minimum atomic E-state index is 1.24. The molecule has 0 aliphatic heterocycles. The van der Waals surface area contributed by atoms with Gasteiger partial charge in [0, 0.05) is 40.3 Å². The third-order valence-electron chi connectivity index (χ3n) is 10.4. The maximum Gasteiger partial charge on any atom is 0.0369 e. The van der Waals surface area contributed by atoms with Gasteiger partial charge in [0.15, 0.2) is 0 Å². The zero-order valence-corrected chi connectivity index (χ0v) is 28.6. The Labute approximate surface area is 297 Å². The van der Waals surface area contributed by atoms with Crippen LogP contribution in [0.15, 0.2) is 170 Å². The predicted molar refractivity (Wildman–Crippen MR) is 221 cm³/mol. The maximum absolute atomic E-state index is 2.43. The molecule has 0 bridgehead atoms. The van der Waals surface area contributed by atoms with Gasteiger partial charge in [0.25, 0.3) is 0 Å². The summed E-state index contributed by atoms with van der Waals surface area (Å²) in [4.78, 5) is 0. The van der Waals surface area contributed by atoms with E-state index in [0.717, 1.165) is 0 Å². The molecule has 0 nitrogen and oxygen atoms in total. The molecule has 0 spiro atoms. The van der Waals surface area contributed by atoms with E-state index in [4.69, 9.17) is 0 Å². The number of fused-ring (bicyclic) bond motifs is 9. The second-order valence-electron chi connectivity index (χ2n) is 13.2. The van der Waals surface area contributed by atoms with Gasteiger partial charge in [0.05, 0.1) is 0 Å². The molecule has 9 aromatic carbocycles. The number of thiophene rings is 2. The van der Waals surface area contributed by atoms with Gasteiger partial charge < -0.3 is 0 Å². The van der Waals surface area contributed by atoms with Crippen LogP contribution in [0.3, 0.4) is 0 Å². The Bertz CT molecular complexity index is 3080. The quantitative estimate of drug-likeness (QED) is 0.164. The van der Waals surface area contributed by atoms with E-state index in [-0.39, 0.29) is 0 Å². The SMILES string of the molecule is c1ccc(-c2ccc3cc(-c4c5ccccc5c(-c5ccc6c(c5)sc5cc7sc8ccccc8c7cc56)c5ccccc45)ccc3c2)cc1. The molecule has 0 amide bonds. The van der Waals surface area contributed by atoms with Crippen molar-refractivity contribution in [3.63, 3.8) is 0 Å². The molecular formula is C48H28S2. The second kappa shape index (κ2) is 10.9. The van der Waals surface area contributed by atoms with Gasteiger partial charge in [0.2, 0.25) is 0 Å². The summed E-state index contributed by atoms with van der Waals surface area (Å²) in [5, 5.41) is 13.0. The molecular weight excluding hydrogens is 641 g/mol. The van der Waals surface area contributed by atoms with Crippen LogP contribution >= 0.6 is 22.7 Å². The van der Waals surface area contributed by atoms with Crippen molar-refractivity contribution in [3.05, 3.63) is 170 Å². The van der Waals surface area contributed by atoms with E-state index >= 15 is 0 Å². The van der Waals surface area contributed by atoms with E-state index in [1.807, 2.05) is 22.7 Å². The van der Waals surface area contributed by atoms with Crippen LogP contribution in [-0.4, -0.2) is 0 Å². The molecule has 0 saturated carbocycles. The third kappa shape index (κ3) is 4.23. The Morgan fingerprint density at radius 3 is 1.36 bits per heavy atom. The minimum absolute atomic E-state index is 1.24. The van der Waals surface area contributed by atoms with Gasteiger partial charge in [-0.25, -0.2) is 0 Å². The lowest BCUT2D eigenvalue weighted by molar-refractivity contribution is 1.64. The standard InChI is InChI=1S/C48H28S2/c1-2-10-29(11-3-1)30-18-19-32-25-33(21-20-31(32)24-30)47-37-13-4-6-15-39(37)48(40-16-7-5-14-38(40)47)34-22-23-36-42-27-41-35-12-8-9-17-43(35)49-45(41)28-46(42)50-44(36)26-34/h1-28H. The predicted octanol–water partition coefficient (Wildman–Crippen LogP) is 14.9. The number of hydrogen-bond acceptors (Lipinski definition) is 2. The normalized spacial score (nSPS) is 12.0. The van der Waals surface area contributed by atoms with Gasteiger partial charge >= 0.3 is 0 Å². The summed E-state index contributed by atoms with van der Waals surface area (Å²) in [6.45, 7) is 0. The molecule has 0 N–H and O–H groups in total. The van der Waals surface area contributed by atoms with Gasteiger partial charge in [0.1, 0.15) is 0 Å². The lowest BCUT2D eigenvalue weighted by atomic mass is 9.85. The molecule has 11 rings (SSSR count). The number of benzene rings is 9.